The largest absolute Gasteiger partial charge is 0.325 e. The van der Waals surface area contributed by atoms with Gasteiger partial charge in [0.05, 0.1) is 16.3 Å². The van der Waals surface area contributed by atoms with E-state index in [1.54, 1.807) is 30.0 Å². The van der Waals surface area contributed by atoms with E-state index in [0.717, 1.165) is 40.7 Å². The van der Waals surface area contributed by atoms with Crippen molar-refractivity contribution in [2.45, 2.75) is 29.9 Å². The first-order valence-corrected chi connectivity index (χ1v) is 10.9. The van der Waals surface area contributed by atoms with E-state index in [1.807, 2.05) is 43.5 Å². The van der Waals surface area contributed by atoms with Crippen molar-refractivity contribution in [3.63, 3.8) is 0 Å². The lowest BCUT2D eigenvalue weighted by molar-refractivity contribution is 0.601. The maximum Gasteiger partial charge on any atom is 0.261 e. The van der Waals surface area contributed by atoms with E-state index in [-0.39, 0.29) is 4.90 Å². The Morgan fingerprint density at radius 2 is 1.92 bits per heavy atom. The van der Waals surface area contributed by atoms with Crippen molar-refractivity contribution >= 4 is 27.5 Å². The zero-order valence-corrected chi connectivity index (χ0v) is 16.0. The first kappa shape index (κ1) is 17.2. The van der Waals surface area contributed by atoms with Crippen LogP contribution in [0.25, 0.3) is 11.3 Å². The second kappa shape index (κ2) is 6.81. The van der Waals surface area contributed by atoms with E-state index in [2.05, 4.69) is 14.3 Å². The number of para-hydroxylation sites is 1. The fourth-order valence-corrected chi connectivity index (χ4v) is 4.97. The highest BCUT2D eigenvalue weighted by Gasteiger charge is 2.20. The lowest BCUT2D eigenvalue weighted by Crippen LogP contribution is -2.13. The Balaban J connectivity index is 1.67. The number of fused-ring (bicyclic) bond motifs is 1. The molecule has 0 atom stereocenters. The predicted octanol–water partition coefficient (Wildman–Crippen LogP) is 4.02. The summed E-state index contributed by atoms with van der Waals surface area (Å²) in [5.74, 6) is 1.03. The van der Waals surface area contributed by atoms with Crippen molar-refractivity contribution in [1.82, 2.24) is 9.55 Å². The van der Waals surface area contributed by atoms with Gasteiger partial charge in [-0.05, 0) is 30.2 Å². The third-order valence-corrected chi connectivity index (χ3v) is 6.74. The van der Waals surface area contributed by atoms with Gasteiger partial charge in [-0.25, -0.2) is 13.4 Å². The van der Waals surface area contributed by atoms with Crippen LogP contribution in [0.2, 0.25) is 0 Å². The number of thioether (sulfide) groups is 1. The normalized spacial score (nSPS) is 13.6. The van der Waals surface area contributed by atoms with Crippen molar-refractivity contribution in [2.75, 3.05) is 10.5 Å². The highest BCUT2D eigenvalue weighted by molar-refractivity contribution is 7.99. The standard InChI is InChI=1S/C19H19N3O2S2/c1-2-14-7-9-15(10-8-14)26(23,24)21-17-6-4-3-5-16(17)18-13-22-11-12-25-19(22)20-18/h3-10,13,21H,2,11-12H2,1H3. The number of rotatable bonds is 5. The molecule has 0 amide bonds. The second-order valence-electron chi connectivity index (χ2n) is 6.10. The van der Waals surface area contributed by atoms with Gasteiger partial charge in [0.2, 0.25) is 0 Å². The summed E-state index contributed by atoms with van der Waals surface area (Å²) >= 11 is 1.72. The number of hydrogen-bond acceptors (Lipinski definition) is 4. The Labute approximate surface area is 157 Å². The maximum atomic E-state index is 12.8. The van der Waals surface area contributed by atoms with Gasteiger partial charge in [0.25, 0.3) is 10.0 Å². The number of anilines is 1. The van der Waals surface area contributed by atoms with E-state index in [0.29, 0.717) is 5.69 Å². The summed E-state index contributed by atoms with van der Waals surface area (Å²) in [5, 5.41) is 0.979. The third kappa shape index (κ3) is 3.24. The molecule has 5 nitrogen and oxygen atoms in total. The second-order valence-corrected chi connectivity index (χ2v) is 8.84. The number of nitrogens with one attached hydrogen (secondary N) is 1. The monoisotopic (exact) mass is 385 g/mol. The molecule has 7 heteroatoms. The summed E-state index contributed by atoms with van der Waals surface area (Å²) in [7, 11) is -3.65. The minimum atomic E-state index is -3.65. The molecule has 3 aromatic rings. The van der Waals surface area contributed by atoms with Crippen LogP contribution in [0.1, 0.15) is 12.5 Å². The fraction of sp³-hybridized carbons (Fsp3) is 0.211. The molecular weight excluding hydrogens is 366 g/mol. The molecule has 0 unspecified atom stereocenters. The molecule has 0 fully saturated rings. The zero-order valence-electron chi connectivity index (χ0n) is 14.3. The summed E-state index contributed by atoms with van der Waals surface area (Å²) in [6.07, 6.45) is 2.86. The van der Waals surface area contributed by atoms with Crippen molar-refractivity contribution in [3.05, 3.63) is 60.3 Å². The fourth-order valence-electron chi connectivity index (χ4n) is 2.94. The Morgan fingerprint density at radius 3 is 2.65 bits per heavy atom. The van der Waals surface area contributed by atoms with Crippen LogP contribution in [-0.4, -0.2) is 23.7 Å². The molecule has 0 spiro atoms. The Hall–Kier alpha value is -2.25. The van der Waals surface area contributed by atoms with Gasteiger partial charge >= 0.3 is 0 Å². The van der Waals surface area contributed by atoms with Gasteiger partial charge in [0, 0.05) is 24.1 Å². The molecular formula is C19H19N3O2S2. The molecule has 26 heavy (non-hydrogen) atoms. The number of hydrogen-bond donors (Lipinski definition) is 1. The van der Waals surface area contributed by atoms with Crippen molar-refractivity contribution in [1.29, 1.82) is 0 Å². The van der Waals surface area contributed by atoms with Gasteiger partial charge in [0.15, 0.2) is 5.16 Å². The average Bonchev–Trinajstić information content (AvgIpc) is 3.24. The van der Waals surface area contributed by atoms with E-state index in [4.69, 9.17) is 0 Å². The van der Waals surface area contributed by atoms with Crippen LogP contribution in [0, 0.1) is 0 Å². The van der Waals surface area contributed by atoms with Crippen molar-refractivity contribution < 1.29 is 8.42 Å². The molecule has 1 aromatic heterocycles. The molecule has 0 radical (unpaired) electrons. The summed E-state index contributed by atoms with van der Waals surface area (Å²) < 4.78 is 30.4. The van der Waals surface area contributed by atoms with Crippen LogP contribution in [0.4, 0.5) is 5.69 Å². The third-order valence-electron chi connectivity index (χ3n) is 4.39. The molecule has 2 aromatic carbocycles. The number of aromatic nitrogens is 2. The van der Waals surface area contributed by atoms with E-state index in [1.165, 1.54) is 0 Å². The Bertz CT molecular complexity index is 1020. The smallest absolute Gasteiger partial charge is 0.261 e. The van der Waals surface area contributed by atoms with Crippen LogP contribution >= 0.6 is 11.8 Å². The van der Waals surface area contributed by atoms with E-state index in [9.17, 15) is 8.42 Å². The minimum absolute atomic E-state index is 0.257. The van der Waals surface area contributed by atoms with Crippen molar-refractivity contribution in [3.8, 4) is 11.3 Å². The molecule has 0 aliphatic carbocycles. The summed E-state index contributed by atoms with van der Waals surface area (Å²) in [6, 6.07) is 14.3. The molecule has 1 aliphatic heterocycles. The van der Waals surface area contributed by atoms with Crippen LogP contribution < -0.4 is 4.72 Å². The molecule has 0 saturated carbocycles. The Morgan fingerprint density at radius 1 is 1.15 bits per heavy atom. The first-order chi connectivity index (χ1) is 12.6. The van der Waals surface area contributed by atoms with Gasteiger partial charge in [-0.15, -0.1) is 0 Å². The molecule has 0 saturated heterocycles. The molecule has 1 N–H and O–H groups in total. The maximum absolute atomic E-state index is 12.8. The Kier molecular flexibility index (Phi) is 4.50. The number of aryl methyl sites for hydroxylation is 2. The highest BCUT2D eigenvalue weighted by atomic mass is 32.2. The highest BCUT2D eigenvalue weighted by Crippen LogP contribution is 2.33. The lowest BCUT2D eigenvalue weighted by Gasteiger charge is -2.12. The summed E-state index contributed by atoms with van der Waals surface area (Å²) in [5.41, 5.74) is 3.21. The number of sulfonamides is 1. The van der Waals surface area contributed by atoms with Gasteiger partial charge in [-0.2, -0.15) is 0 Å². The quantitative estimate of drug-likeness (QED) is 0.720. The molecule has 2 heterocycles. The summed E-state index contributed by atoms with van der Waals surface area (Å²) in [6.45, 7) is 2.98. The zero-order chi connectivity index (χ0) is 18.1. The van der Waals surface area contributed by atoms with Crippen LogP contribution in [0.3, 0.4) is 0 Å². The first-order valence-electron chi connectivity index (χ1n) is 8.48. The number of imidazole rings is 1. The minimum Gasteiger partial charge on any atom is -0.325 e. The lowest BCUT2D eigenvalue weighted by atomic mass is 10.1. The van der Waals surface area contributed by atoms with E-state index < -0.39 is 10.0 Å². The summed E-state index contributed by atoms with van der Waals surface area (Å²) in [4.78, 5) is 4.90. The average molecular weight is 386 g/mol. The molecule has 0 bridgehead atoms. The van der Waals surface area contributed by atoms with Crippen molar-refractivity contribution in [2.24, 2.45) is 0 Å². The van der Waals surface area contributed by atoms with Gasteiger partial charge in [-0.3, -0.25) is 4.72 Å². The van der Waals surface area contributed by atoms with Gasteiger partial charge < -0.3 is 4.57 Å². The SMILES string of the molecule is CCc1ccc(S(=O)(=O)Nc2ccccc2-c2cn3c(n2)SCC3)cc1. The van der Waals surface area contributed by atoms with Gasteiger partial charge in [0.1, 0.15) is 0 Å². The predicted molar refractivity (Wildman–Crippen MR) is 105 cm³/mol. The number of benzene rings is 2. The molecule has 134 valence electrons. The molecule has 4 rings (SSSR count). The van der Waals surface area contributed by atoms with Crippen LogP contribution in [0.5, 0.6) is 0 Å². The van der Waals surface area contributed by atoms with Gasteiger partial charge in [-0.1, -0.05) is 49.0 Å². The van der Waals surface area contributed by atoms with Crippen LogP contribution in [0.15, 0.2) is 64.8 Å². The number of nitrogens with zero attached hydrogens (tertiary/aromatic N) is 2. The van der Waals surface area contributed by atoms with Crippen LogP contribution in [-0.2, 0) is 23.0 Å². The molecule has 1 aliphatic rings. The topological polar surface area (TPSA) is 64.0 Å². The van der Waals surface area contributed by atoms with E-state index >= 15 is 0 Å².